The lowest BCUT2D eigenvalue weighted by Gasteiger charge is -2.29. The van der Waals surface area contributed by atoms with Gasteiger partial charge in [0, 0.05) is 6.04 Å². The number of rotatable bonds is 4. The van der Waals surface area contributed by atoms with Crippen LogP contribution in [0.4, 0.5) is 4.79 Å². The van der Waals surface area contributed by atoms with Crippen molar-refractivity contribution in [2.75, 3.05) is 0 Å². The number of carboxylic acids is 1. The molecule has 2 rings (SSSR count). The van der Waals surface area contributed by atoms with Crippen molar-refractivity contribution >= 4 is 12.0 Å². The summed E-state index contributed by atoms with van der Waals surface area (Å²) in [5.41, 5.74) is -1.13. The predicted octanol–water partition coefficient (Wildman–Crippen LogP) is 2.51. The fourth-order valence-corrected chi connectivity index (χ4v) is 3.14. The van der Waals surface area contributed by atoms with Crippen molar-refractivity contribution in [1.29, 1.82) is 0 Å². The van der Waals surface area contributed by atoms with E-state index in [1.165, 1.54) is 12.8 Å². The summed E-state index contributed by atoms with van der Waals surface area (Å²) in [6, 6.07) is -0.171. The summed E-state index contributed by atoms with van der Waals surface area (Å²) in [7, 11) is 0. The first-order valence-corrected chi connectivity index (χ1v) is 7.75. The summed E-state index contributed by atoms with van der Waals surface area (Å²) in [6.07, 6.45) is 7.44. The third-order valence-electron chi connectivity index (χ3n) is 4.89. The molecule has 20 heavy (non-hydrogen) atoms. The third-order valence-corrected chi connectivity index (χ3v) is 4.89. The molecule has 0 saturated heterocycles. The van der Waals surface area contributed by atoms with E-state index in [1.807, 2.05) is 0 Å². The predicted molar refractivity (Wildman–Crippen MR) is 76.5 cm³/mol. The summed E-state index contributed by atoms with van der Waals surface area (Å²) >= 11 is 0. The Morgan fingerprint density at radius 1 is 1.10 bits per heavy atom. The maximum absolute atomic E-state index is 12.1. The molecule has 0 aromatic heterocycles. The Balaban J connectivity index is 1.92. The molecule has 0 bridgehead atoms. The van der Waals surface area contributed by atoms with Crippen LogP contribution in [-0.4, -0.2) is 28.7 Å². The normalized spacial score (nSPS) is 29.9. The highest BCUT2D eigenvalue weighted by atomic mass is 16.4. The monoisotopic (exact) mass is 282 g/mol. The Labute approximate surface area is 120 Å². The zero-order valence-corrected chi connectivity index (χ0v) is 12.4. The zero-order chi connectivity index (χ0) is 14.8. The van der Waals surface area contributed by atoms with Crippen LogP contribution >= 0.6 is 0 Å². The highest BCUT2D eigenvalue weighted by Gasteiger charge is 2.48. The second-order valence-electron chi connectivity index (χ2n) is 6.60. The molecule has 0 aromatic rings. The van der Waals surface area contributed by atoms with Crippen molar-refractivity contribution in [3.8, 4) is 0 Å². The topological polar surface area (TPSA) is 78.4 Å². The number of hydrogen-bond acceptors (Lipinski definition) is 2. The van der Waals surface area contributed by atoms with Crippen LogP contribution in [0.15, 0.2) is 0 Å². The van der Waals surface area contributed by atoms with Gasteiger partial charge in [-0.2, -0.15) is 0 Å². The van der Waals surface area contributed by atoms with Crippen LogP contribution in [0.3, 0.4) is 0 Å². The van der Waals surface area contributed by atoms with E-state index in [0.717, 1.165) is 32.1 Å². The van der Waals surface area contributed by atoms with Gasteiger partial charge in [0.25, 0.3) is 0 Å². The second-order valence-corrected chi connectivity index (χ2v) is 6.60. The molecule has 5 nitrogen and oxygen atoms in total. The first-order chi connectivity index (χ1) is 9.43. The van der Waals surface area contributed by atoms with E-state index in [0.29, 0.717) is 5.92 Å². The van der Waals surface area contributed by atoms with Gasteiger partial charge in [-0.3, -0.25) is 0 Å². The maximum atomic E-state index is 12.1. The average Bonchev–Trinajstić information content (AvgIpc) is 3.19. The van der Waals surface area contributed by atoms with Gasteiger partial charge in [-0.15, -0.1) is 0 Å². The largest absolute Gasteiger partial charge is 0.480 e. The van der Waals surface area contributed by atoms with Gasteiger partial charge in [0.05, 0.1) is 0 Å². The van der Waals surface area contributed by atoms with Crippen molar-refractivity contribution in [3.05, 3.63) is 0 Å². The molecule has 3 unspecified atom stereocenters. The Bertz CT molecular complexity index is 381. The molecule has 2 fully saturated rings. The van der Waals surface area contributed by atoms with Crippen molar-refractivity contribution in [3.63, 3.8) is 0 Å². The van der Waals surface area contributed by atoms with Gasteiger partial charge in [0.15, 0.2) is 0 Å². The molecule has 2 aliphatic carbocycles. The van der Waals surface area contributed by atoms with Crippen molar-refractivity contribution < 1.29 is 14.7 Å². The summed E-state index contributed by atoms with van der Waals surface area (Å²) in [4.78, 5) is 23.5. The fourth-order valence-electron chi connectivity index (χ4n) is 3.14. The molecule has 0 spiro atoms. The molecular weight excluding hydrogens is 256 g/mol. The molecule has 0 radical (unpaired) electrons. The smallest absolute Gasteiger partial charge is 0.329 e. The molecular formula is C15H26N2O3. The number of hydrogen-bond donors (Lipinski definition) is 3. The zero-order valence-electron chi connectivity index (χ0n) is 12.4. The van der Waals surface area contributed by atoms with Crippen LogP contribution in [0.2, 0.25) is 0 Å². The number of nitrogens with one attached hydrogen (secondary N) is 2. The Morgan fingerprint density at radius 2 is 1.75 bits per heavy atom. The molecule has 0 aliphatic heterocycles. The van der Waals surface area contributed by atoms with Gasteiger partial charge in [-0.05, 0) is 44.4 Å². The molecule has 2 aliphatic rings. The van der Waals surface area contributed by atoms with Gasteiger partial charge < -0.3 is 15.7 Å². The summed E-state index contributed by atoms with van der Waals surface area (Å²) < 4.78 is 0. The van der Waals surface area contributed by atoms with E-state index in [9.17, 15) is 14.7 Å². The van der Waals surface area contributed by atoms with Crippen LogP contribution in [-0.2, 0) is 4.79 Å². The lowest BCUT2D eigenvalue weighted by Crippen LogP contribution is -2.58. The number of amides is 2. The number of carbonyl (C=O) groups is 2. The van der Waals surface area contributed by atoms with Gasteiger partial charge in [0.1, 0.15) is 5.54 Å². The molecule has 2 amide bonds. The molecule has 114 valence electrons. The molecule has 3 atom stereocenters. The Kier molecular flexibility index (Phi) is 4.55. The molecule has 0 heterocycles. The van der Waals surface area contributed by atoms with Crippen molar-refractivity contribution in [2.24, 2.45) is 11.8 Å². The summed E-state index contributed by atoms with van der Waals surface area (Å²) in [5, 5.41) is 15.0. The van der Waals surface area contributed by atoms with Crippen LogP contribution in [0.5, 0.6) is 0 Å². The van der Waals surface area contributed by atoms with E-state index in [4.69, 9.17) is 0 Å². The minimum Gasteiger partial charge on any atom is -0.480 e. The van der Waals surface area contributed by atoms with Crippen molar-refractivity contribution in [2.45, 2.75) is 70.4 Å². The first kappa shape index (κ1) is 15.1. The SMILES string of the molecule is CC1CCCCCC1NC(=O)NC(C)(C(=O)O)C1CC1. The van der Waals surface area contributed by atoms with E-state index in [2.05, 4.69) is 17.6 Å². The van der Waals surface area contributed by atoms with Gasteiger partial charge in [-0.25, -0.2) is 9.59 Å². The lowest BCUT2D eigenvalue weighted by molar-refractivity contribution is -0.144. The van der Waals surface area contributed by atoms with Crippen LogP contribution in [0, 0.1) is 11.8 Å². The van der Waals surface area contributed by atoms with Crippen molar-refractivity contribution in [1.82, 2.24) is 10.6 Å². The van der Waals surface area contributed by atoms with Gasteiger partial charge in [0.2, 0.25) is 0 Å². The van der Waals surface area contributed by atoms with Crippen LogP contribution in [0.1, 0.15) is 58.8 Å². The minimum atomic E-state index is -1.13. The van der Waals surface area contributed by atoms with Crippen LogP contribution < -0.4 is 10.6 Å². The van der Waals surface area contributed by atoms with E-state index in [-0.39, 0.29) is 18.0 Å². The first-order valence-electron chi connectivity index (χ1n) is 7.75. The van der Waals surface area contributed by atoms with E-state index in [1.54, 1.807) is 6.92 Å². The quantitative estimate of drug-likeness (QED) is 0.693. The standard InChI is InChI=1S/C15H26N2O3/c1-10-6-4-3-5-7-12(10)16-14(20)17-15(2,13(18)19)11-8-9-11/h10-12H,3-9H2,1-2H3,(H,18,19)(H2,16,17,20). The molecule has 5 heteroatoms. The summed E-state index contributed by atoms with van der Waals surface area (Å²) in [5.74, 6) is -0.415. The molecule has 0 aromatic carbocycles. The Morgan fingerprint density at radius 3 is 2.35 bits per heavy atom. The molecule has 3 N–H and O–H groups in total. The minimum absolute atomic E-state index is 0.0670. The van der Waals surface area contributed by atoms with Gasteiger partial charge in [-0.1, -0.05) is 26.2 Å². The second kappa shape index (κ2) is 6.02. The highest BCUT2D eigenvalue weighted by Crippen LogP contribution is 2.39. The highest BCUT2D eigenvalue weighted by molar-refractivity contribution is 5.86. The number of carboxylic acid groups (broad SMARTS) is 1. The lowest BCUT2D eigenvalue weighted by atomic mass is 9.95. The van der Waals surface area contributed by atoms with Crippen LogP contribution in [0.25, 0.3) is 0 Å². The average molecular weight is 282 g/mol. The van der Waals surface area contributed by atoms with E-state index < -0.39 is 11.5 Å². The number of carbonyl (C=O) groups excluding carboxylic acids is 1. The van der Waals surface area contributed by atoms with E-state index >= 15 is 0 Å². The number of aliphatic carboxylic acids is 1. The maximum Gasteiger partial charge on any atom is 0.329 e. The van der Waals surface area contributed by atoms with Gasteiger partial charge >= 0.3 is 12.0 Å². The Hall–Kier alpha value is -1.26. The summed E-state index contributed by atoms with van der Waals surface area (Å²) in [6.45, 7) is 3.77. The fraction of sp³-hybridized carbons (Fsp3) is 0.867. The molecule has 2 saturated carbocycles. The third kappa shape index (κ3) is 3.44. The number of urea groups is 1.